The van der Waals surface area contributed by atoms with Crippen molar-refractivity contribution >= 4 is 17.5 Å². The Bertz CT molecular complexity index is 418. The number of benzene rings is 1. The lowest BCUT2D eigenvalue weighted by Gasteiger charge is -2.27. The van der Waals surface area contributed by atoms with Crippen molar-refractivity contribution in [1.29, 1.82) is 0 Å². The van der Waals surface area contributed by atoms with Gasteiger partial charge in [0.05, 0.1) is 6.10 Å². The zero-order valence-corrected chi connectivity index (χ0v) is 12.5. The molecule has 0 heterocycles. The topological polar surface area (TPSA) is 40.5 Å². The molecule has 4 heteroatoms. The number of rotatable bonds is 6. The quantitative estimate of drug-likeness (QED) is 0.871. The second kappa shape index (κ2) is 7.51. The molecule has 0 spiro atoms. The van der Waals surface area contributed by atoms with Gasteiger partial charge < -0.3 is 10.0 Å². The van der Waals surface area contributed by atoms with Crippen molar-refractivity contribution in [2.24, 2.45) is 0 Å². The third kappa shape index (κ3) is 5.62. The number of carbonyl (C=O) groups excluding carboxylic acids is 1. The summed E-state index contributed by atoms with van der Waals surface area (Å²) in [5.74, 6) is 0.0656. The SMILES string of the molecule is CC(O)CCC(=O)N(Cc1cccc(Cl)c1)C(C)C. The average molecular weight is 284 g/mol. The Morgan fingerprint density at radius 3 is 2.58 bits per heavy atom. The van der Waals surface area contributed by atoms with Crippen molar-refractivity contribution in [2.45, 2.75) is 52.3 Å². The first kappa shape index (κ1) is 16.0. The van der Waals surface area contributed by atoms with E-state index in [4.69, 9.17) is 11.6 Å². The van der Waals surface area contributed by atoms with E-state index in [0.29, 0.717) is 24.4 Å². The third-order valence-electron chi connectivity index (χ3n) is 2.96. The van der Waals surface area contributed by atoms with Gasteiger partial charge in [-0.2, -0.15) is 0 Å². The maximum Gasteiger partial charge on any atom is 0.223 e. The van der Waals surface area contributed by atoms with E-state index in [0.717, 1.165) is 5.56 Å². The number of halogens is 1. The van der Waals surface area contributed by atoms with Crippen molar-refractivity contribution in [3.63, 3.8) is 0 Å². The van der Waals surface area contributed by atoms with E-state index in [9.17, 15) is 9.90 Å². The van der Waals surface area contributed by atoms with E-state index in [1.54, 1.807) is 6.92 Å². The van der Waals surface area contributed by atoms with E-state index < -0.39 is 6.10 Å². The van der Waals surface area contributed by atoms with Crippen molar-refractivity contribution in [1.82, 2.24) is 4.90 Å². The van der Waals surface area contributed by atoms with E-state index in [1.165, 1.54) is 0 Å². The summed E-state index contributed by atoms with van der Waals surface area (Å²) in [6.45, 7) is 6.23. The van der Waals surface area contributed by atoms with Crippen LogP contribution in [0.5, 0.6) is 0 Å². The van der Waals surface area contributed by atoms with E-state index in [1.807, 2.05) is 43.0 Å². The second-order valence-electron chi connectivity index (χ2n) is 5.13. The molecule has 0 aliphatic carbocycles. The Morgan fingerprint density at radius 1 is 1.37 bits per heavy atom. The van der Waals surface area contributed by atoms with Gasteiger partial charge in [0.1, 0.15) is 0 Å². The summed E-state index contributed by atoms with van der Waals surface area (Å²) in [6.07, 6.45) is 0.428. The van der Waals surface area contributed by atoms with Gasteiger partial charge in [-0.05, 0) is 44.9 Å². The summed E-state index contributed by atoms with van der Waals surface area (Å²) in [7, 11) is 0. The summed E-state index contributed by atoms with van der Waals surface area (Å²) in [4.78, 5) is 14.0. The molecule has 1 amide bonds. The predicted octanol–water partition coefficient (Wildman–Crippen LogP) is 3.24. The average Bonchev–Trinajstić information content (AvgIpc) is 2.32. The van der Waals surface area contributed by atoms with Crippen molar-refractivity contribution in [3.8, 4) is 0 Å². The molecule has 0 radical (unpaired) electrons. The minimum Gasteiger partial charge on any atom is -0.393 e. The van der Waals surface area contributed by atoms with Crippen LogP contribution >= 0.6 is 11.6 Å². The summed E-state index contributed by atoms with van der Waals surface area (Å²) < 4.78 is 0. The van der Waals surface area contributed by atoms with E-state index >= 15 is 0 Å². The van der Waals surface area contributed by atoms with Crippen LogP contribution in [0.15, 0.2) is 24.3 Å². The highest BCUT2D eigenvalue weighted by Gasteiger charge is 2.17. The van der Waals surface area contributed by atoms with Crippen LogP contribution in [0.1, 0.15) is 39.2 Å². The van der Waals surface area contributed by atoms with Crippen LogP contribution in [-0.2, 0) is 11.3 Å². The zero-order valence-electron chi connectivity index (χ0n) is 11.8. The van der Waals surface area contributed by atoms with Crippen LogP contribution < -0.4 is 0 Å². The number of aliphatic hydroxyl groups excluding tert-OH is 1. The first-order valence-electron chi connectivity index (χ1n) is 6.62. The van der Waals surface area contributed by atoms with Gasteiger partial charge in [-0.15, -0.1) is 0 Å². The maximum atomic E-state index is 12.2. The molecule has 1 aromatic carbocycles. The number of aliphatic hydroxyl groups is 1. The molecule has 1 rings (SSSR count). The highest BCUT2D eigenvalue weighted by molar-refractivity contribution is 6.30. The number of hydrogen-bond acceptors (Lipinski definition) is 2. The lowest BCUT2D eigenvalue weighted by molar-refractivity contribution is -0.134. The molecular weight excluding hydrogens is 262 g/mol. The van der Waals surface area contributed by atoms with Crippen molar-refractivity contribution in [2.75, 3.05) is 0 Å². The van der Waals surface area contributed by atoms with E-state index in [2.05, 4.69) is 0 Å². The molecule has 0 aliphatic heterocycles. The van der Waals surface area contributed by atoms with Crippen LogP contribution in [0.4, 0.5) is 0 Å². The fraction of sp³-hybridized carbons (Fsp3) is 0.533. The zero-order chi connectivity index (χ0) is 14.4. The Balaban J connectivity index is 2.70. The van der Waals surface area contributed by atoms with Crippen molar-refractivity contribution < 1.29 is 9.90 Å². The number of carbonyl (C=O) groups is 1. The summed E-state index contributed by atoms with van der Waals surface area (Å²) in [5.41, 5.74) is 1.02. The second-order valence-corrected chi connectivity index (χ2v) is 5.57. The first-order chi connectivity index (χ1) is 8.90. The Kier molecular flexibility index (Phi) is 6.32. The standard InChI is InChI=1S/C15H22ClNO2/c1-11(2)17(15(19)8-7-12(3)18)10-13-5-4-6-14(16)9-13/h4-6,9,11-12,18H,7-8,10H2,1-3H3. The molecule has 0 aliphatic rings. The predicted molar refractivity (Wildman–Crippen MR) is 78.1 cm³/mol. The molecule has 0 fully saturated rings. The molecule has 106 valence electrons. The van der Waals surface area contributed by atoms with Gasteiger partial charge in [-0.1, -0.05) is 23.7 Å². The lowest BCUT2D eigenvalue weighted by atomic mass is 10.1. The summed E-state index contributed by atoms with van der Waals surface area (Å²) >= 11 is 5.95. The van der Waals surface area contributed by atoms with Crippen molar-refractivity contribution in [3.05, 3.63) is 34.9 Å². The Labute approximate surface area is 120 Å². The summed E-state index contributed by atoms with van der Waals surface area (Å²) in [6, 6.07) is 7.67. The van der Waals surface area contributed by atoms with Gasteiger partial charge >= 0.3 is 0 Å². The number of amides is 1. The van der Waals surface area contributed by atoms with Crippen LogP contribution in [0.25, 0.3) is 0 Å². The fourth-order valence-electron chi connectivity index (χ4n) is 1.87. The lowest BCUT2D eigenvalue weighted by Crippen LogP contribution is -2.36. The third-order valence-corrected chi connectivity index (χ3v) is 3.20. The molecule has 0 saturated heterocycles. The highest BCUT2D eigenvalue weighted by atomic mass is 35.5. The van der Waals surface area contributed by atoms with Gasteiger partial charge in [0.2, 0.25) is 5.91 Å². The smallest absolute Gasteiger partial charge is 0.223 e. The number of nitrogens with zero attached hydrogens (tertiary/aromatic N) is 1. The molecule has 1 N–H and O–H groups in total. The Hall–Kier alpha value is -1.06. The van der Waals surface area contributed by atoms with Crippen LogP contribution in [0, 0.1) is 0 Å². The fourth-order valence-corrected chi connectivity index (χ4v) is 2.08. The molecule has 19 heavy (non-hydrogen) atoms. The minimum atomic E-state index is -0.441. The highest BCUT2D eigenvalue weighted by Crippen LogP contribution is 2.15. The summed E-state index contributed by atoms with van der Waals surface area (Å²) in [5, 5.41) is 9.94. The van der Waals surface area contributed by atoms with Gasteiger partial charge in [-0.3, -0.25) is 4.79 Å². The van der Waals surface area contributed by atoms with Gasteiger partial charge in [0, 0.05) is 24.0 Å². The molecule has 1 unspecified atom stereocenters. The molecule has 3 nitrogen and oxygen atoms in total. The van der Waals surface area contributed by atoms with Gasteiger partial charge in [0.25, 0.3) is 0 Å². The van der Waals surface area contributed by atoms with Crippen LogP contribution in [0.2, 0.25) is 5.02 Å². The largest absolute Gasteiger partial charge is 0.393 e. The number of hydrogen-bond donors (Lipinski definition) is 1. The molecule has 1 aromatic rings. The minimum absolute atomic E-state index is 0.0656. The Morgan fingerprint density at radius 2 is 2.05 bits per heavy atom. The monoisotopic (exact) mass is 283 g/mol. The molecule has 1 atom stereocenters. The van der Waals surface area contributed by atoms with Crippen LogP contribution in [0.3, 0.4) is 0 Å². The van der Waals surface area contributed by atoms with Gasteiger partial charge in [0.15, 0.2) is 0 Å². The van der Waals surface area contributed by atoms with Gasteiger partial charge in [-0.25, -0.2) is 0 Å². The molecule has 0 bridgehead atoms. The molecule has 0 aromatic heterocycles. The molecule has 0 saturated carbocycles. The normalized spacial score (nSPS) is 12.5. The van der Waals surface area contributed by atoms with E-state index in [-0.39, 0.29) is 11.9 Å². The molecular formula is C15H22ClNO2. The maximum absolute atomic E-state index is 12.2. The first-order valence-corrected chi connectivity index (χ1v) is 7.00. The van der Waals surface area contributed by atoms with Crippen LogP contribution in [-0.4, -0.2) is 28.1 Å².